The highest BCUT2D eigenvalue weighted by atomic mass is 32.2. The van der Waals surface area contributed by atoms with E-state index in [0.29, 0.717) is 6.42 Å². The van der Waals surface area contributed by atoms with Gasteiger partial charge >= 0.3 is 0 Å². The number of amides is 1. The van der Waals surface area contributed by atoms with Gasteiger partial charge in [-0.15, -0.1) is 11.3 Å². The summed E-state index contributed by atoms with van der Waals surface area (Å²) in [5.41, 5.74) is 1.31. The number of aryl methyl sites for hydroxylation is 1. The molecule has 0 fully saturated rings. The Morgan fingerprint density at radius 3 is 3.17 bits per heavy atom. The molecule has 5 heteroatoms. The van der Waals surface area contributed by atoms with E-state index >= 15 is 0 Å². The van der Waals surface area contributed by atoms with Crippen molar-refractivity contribution >= 4 is 29.0 Å². The van der Waals surface area contributed by atoms with Crippen molar-refractivity contribution in [3.8, 4) is 6.07 Å². The van der Waals surface area contributed by atoms with E-state index in [1.54, 1.807) is 11.3 Å². The van der Waals surface area contributed by atoms with Gasteiger partial charge in [-0.05, 0) is 30.2 Å². The summed E-state index contributed by atoms with van der Waals surface area (Å²) < 4.78 is 0. The molecule has 1 atom stereocenters. The predicted octanol–water partition coefficient (Wildman–Crippen LogP) is 2.96. The third-order valence-corrected chi connectivity index (χ3v) is 5.26. The summed E-state index contributed by atoms with van der Waals surface area (Å²) in [4.78, 5) is 14.2. The maximum Gasteiger partial charge on any atom is 0.261 e. The normalized spacial score (nSPS) is 15.6. The summed E-state index contributed by atoms with van der Waals surface area (Å²) >= 11 is 3.53. The van der Waals surface area contributed by atoms with Gasteiger partial charge in [0.15, 0.2) is 0 Å². The van der Waals surface area contributed by atoms with Crippen LogP contribution in [0.2, 0.25) is 0 Å². The Morgan fingerprint density at radius 2 is 2.50 bits per heavy atom. The molecule has 18 heavy (non-hydrogen) atoms. The van der Waals surface area contributed by atoms with Gasteiger partial charge in [0.25, 0.3) is 5.91 Å². The Hall–Kier alpha value is -0.990. The maximum absolute atomic E-state index is 12.1. The average Bonchev–Trinajstić information content (AvgIpc) is 2.82. The van der Waals surface area contributed by atoms with Crippen LogP contribution in [0.3, 0.4) is 0 Å². The van der Waals surface area contributed by atoms with Crippen LogP contribution in [0.5, 0.6) is 0 Å². The number of fused-ring (bicyclic) bond motifs is 1. The second-order valence-electron chi connectivity index (χ2n) is 4.30. The van der Waals surface area contributed by atoms with Crippen LogP contribution in [-0.4, -0.2) is 17.7 Å². The summed E-state index contributed by atoms with van der Waals surface area (Å²) in [6, 6.07) is 4.09. The first-order valence-corrected chi connectivity index (χ1v) is 8.08. The second kappa shape index (κ2) is 6.26. The number of carbonyl (C=O) groups is 1. The molecule has 0 saturated carbocycles. The molecule has 0 aliphatic carbocycles. The molecule has 0 saturated heterocycles. The number of thiophene rings is 1. The summed E-state index contributed by atoms with van der Waals surface area (Å²) in [7, 11) is 0. The van der Waals surface area contributed by atoms with Crippen molar-refractivity contribution in [3.05, 3.63) is 21.4 Å². The first kappa shape index (κ1) is 13.4. The van der Waals surface area contributed by atoms with Gasteiger partial charge in [-0.1, -0.05) is 6.92 Å². The lowest BCUT2D eigenvalue weighted by molar-refractivity contribution is 0.0940. The summed E-state index contributed by atoms with van der Waals surface area (Å²) in [6.07, 6.45) is 2.25. The van der Waals surface area contributed by atoms with Crippen molar-refractivity contribution in [3.63, 3.8) is 0 Å². The van der Waals surface area contributed by atoms with Crippen LogP contribution in [0.4, 0.5) is 0 Å². The van der Waals surface area contributed by atoms with E-state index < -0.39 is 0 Å². The molecule has 1 aliphatic heterocycles. The SMILES string of the molecule is CCC(CC#N)NC(=O)c1cc2c(s1)CCSC2. The standard InChI is InChI=1S/C13H16N2OS2/c1-2-10(3-5-14)15-13(16)12-7-9-8-17-6-4-11(9)18-12/h7,10H,2-4,6,8H2,1H3,(H,15,16). The van der Waals surface area contributed by atoms with Crippen LogP contribution >= 0.6 is 23.1 Å². The first-order valence-electron chi connectivity index (χ1n) is 6.11. The van der Waals surface area contributed by atoms with Gasteiger partial charge in [0, 0.05) is 16.7 Å². The molecule has 1 unspecified atom stereocenters. The highest BCUT2D eigenvalue weighted by molar-refractivity contribution is 7.98. The van der Waals surface area contributed by atoms with Crippen LogP contribution in [0, 0.1) is 11.3 Å². The van der Waals surface area contributed by atoms with Crippen LogP contribution in [0.15, 0.2) is 6.07 Å². The highest BCUT2D eigenvalue weighted by Crippen LogP contribution is 2.31. The van der Waals surface area contributed by atoms with E-state index in [0.717, 1.165) is 29.2 Å². The third kappa shape index (κ3) is 3.06. The third-order valence-electron chi connectivity index (χ3n) is 3.02. The van der Waals surface area contributed by atoms with Crippen molar-refractivity contribution in [2.45, 2.75) is 38.0 Å². The Morgan fingerprint density at radius 1 is 1.67 bits per heavy atom. The van der Waals surface area contributed by atoms with Crippen LogP contribution in [-0.2, 0) is 12.2 Å². The van der Waals surface area contributed by atoms with E-state index in [-0.39, 0.29) is 11.9 Å². The molecule has 1 amide bonds. The fourth-order valence-electron chi connectivity index (χ4n) is 1.92. The van der Waals surface area contributed by atoms with E-state index in [1.165, 1.54) is 10.4 Å². The molecule has 1 N–H and O–H groups in total. The van der Waals surface area contributed by atoms with Gasteiger partial charge in [-0.25, -0.2) is 0 Å². The molecule has 1 aromatic heterocycles. The van der Waals surface area contributed by atoms with Crippen LogP contribution in [0.25, 0.3) is 0 Å². The summed E-state index contributed by atoms with van der Waals surface area (Å²) in [5, 5.41) is 11.6. The number of nitrogens with zero attached hydrogens (tertiary/aromatic N) is 1. The lowest BCUT2D eigenvalue weighted by atomic mass is 10.1. The molecule has 0 radical (unpaired) electrons. The zero-order chi connectivity index (χ0) is 13.0. The molecule has 0 bridgehead atoms. The Kier molecular flexibility index (Phi) is 4.67. The molecule has 96 valence electrons. The first-order chi connectivity index (χ1) is 8.74. The van der Waals surface area contributed by atoms with Gasteiger partial charge in [0.1, 0.15) is 0 Å². The fourth-order valence-corrected chi connectivity index (χ4v) is 4.20. The fraction of sp³-hybridized carbons (Fsp3) is 0.538. The summed E-state index contributed by atoms with van der Waals surface area (Å²) in [6.45, 7) is 1.98. The molecule has 1 aromatic rings. The monoisotopic (exact) mass is 280 g/mol. The Balaban J connectivity index is 2.04. The average molecular weight is 280 g/mol. The largest absolute Gasteiger partial charge is 0.348 e. The van der Waals surface area contributed by atoms with Crippen molar-refractivity contribution in [1.29, 1.82) is 5.26 Å². The van der Waals surface area contributed by atoms with Crippen LogP contribution in [0.1, 0.15) is 39.9 Å². The van der Waals surface area contributed by atoms with E-state index in [1.807, 2.05) is 24.8 Å². The quantitative estimate of drug-likeness (QED) is 0.922. The number of thioether (sulfide) groups is 1. The Bertz CT molecular complexity index is 452. The van der Waals surface area contributed by atoms with Crippen molar-refractivity contribution in [1.82, 2.24) is 5.32 Å². The van der Waals surface area contributed by atoms with Crippen LogP contribution < -0.4 is 5.32 Å². The molecule has 2 heterocycles. The van der Waals surface area contributed by atoms with Gasteiger partial charge in [-0.3, -0.25) is 4.79 Å². The zero-order valence-corrected chi connectivity index (χ0v) is 12.0. The number of nitriles is 1. The van der Waals surface area contributed by atoms with Gasteiger partial charge in [-0.2, -0.15) is 17.0 Å². The van der Waals surface area contributed by atoms with Crippen molar-refractivity contribution < 1.29 is 4.79 Å². The molecule has 3 nitrogen and oxygen atoms in total. The topological polar surface area (TPSA) is 52.9 Å². The molecule has 2 rings (SSSR count). The maximum atomic E-state index is 12.1. The number of hydrogen-bond acceptors (Lipinski definition) is 4. The highest BCUT2D eigenvalue weighted by Gasteiger charge is 2.19. The molecular formula is C13H16N2OS2. The lowest BCUT2D eigenvalue weighted by Gasteiger charge is -2.12. The Labute approximate surface area is 116 Å². The minimum absolute atomic E-state index is 0.0264. The minimum Gasteiger partial charge on any atom is -0.348 e. The zero-order valence-electron chi connectivity index (χ0n) is 10.4. The summed E-state index contributed by atoms with van der Waals surface area (Å²) in [5.74, 6) is 2.15. The van der Waals surface area contributed by atoms with E-state index in [4.69, 9.17) is 5.26 Å². The molecule has 1 aliphatic rings. The van der Waals surface area contributed by atoms with Gasteiger partial charge in [0.05, 0.1) is 17.4 Å². The number of rotatable bonds is 4. The van der Waals surface area contributed by atoms with Crippen molar-refractivity contribution in [2.75, 3.05) is 5.75 Å². The number of carbonyl (C=O) groups excluding carboxylic acids is 1. The number of hydrogen-bond donors (Lipinski definition) is 1. The van der Waals surface area contributed by atoms with Crippen molar-refractivity contribution in [2.24, 2.45) is 0 Å². The second-order valence-corrected chi connectivity index (χ2v) is 6.54. The van der Waals surface area contributed by atoms with E-state index in [9.17, 15) is 4.79 Å². The van der Waals surface area contributed by atoms with Gasteiger partial charge in [0.2, 0.25) is 0 Å². The molecule has 0 aromatic carbocycles. The minimum atomic E-state index is -0.0315. The lowest BCUT2D eigenvalue weighted by Crippen LogP contribution is -2.33. The predicted molar refractivity (Wildman–Crippen MR) is 76.0 cm³/mol. The van der Waals surface area contributed by atoms with Gasteiger partial charge < -0.3 is 5.32 Å². The van der Waals surface area contributed by atoms with E-state index in [2.05, 4.69) is 11.4 Å². The smallest absolute Gasteiger partial charge is 0.261 e. The number of nitrogens with one attached hydrogen (secondary N) is 1. The molecular weight excluding hydrogens is 264 g/mol. The molecule has 0 spiro atoms.